The number of hydrogen-bond donors (Lipinski definition) is 2. The SMILES string of the molecule is COc1cc(C)cc(Cl)c1-c1c(O)c2n(c1O)CCCC2. The number of fused-ring (bicyclic) bond motifs is 1. The Morgan fingerprint density at radius 2 is 1.95 bits per heavy atom. The molecule has 112 valence electrons. The van der Waals surface area contributed by atoms with E-state index in [0.29, 0.717) is 28.4 Å². The number of rotatable bonds is 2. The highest BCUT2D eigenvalue weighted by atomic mass is 35.5. The zero-order valence-electron chi connectivity index (χ0n) is 12.1. The number of ether oxygens (including phenoxy) is 1. The number of aromatic hydroxyl groups is 2. The number of aromatic nitrogens is 1. The zero-order valence-corrected chi connectivity index (χ0v) is 12.9. The van der Waals surface area contributed by atoms with E-state index in [1.807, 2.05) is 13.0 Å². The average molecular weight is 308 g/mol. The summed E-state index contributed by atoms with van der Waals surface area (Å²) in [5.41, 5.74) is 2.64. The molecular weight excluding hydrogens is 290 g/mol. The molecule has 5 heteroatoms. The molecule has 0 atom stereocenters. The van der Waals surface area contributed by atoms with Gasteiger partial charge in [-0.05, 0) is 43.9 Å². The Hall–Kier alpha value is -1.81. The topological polar surface area (TPSA) is 54.6 Å². The molecule has 0 amide bonds. The summed E-state index contributed by atoms with van der Waals surface area (Å²) in [6.07, 6.45) is 2.76. The van der Waals surface area contributed by atoms with Crippen LogP contribution in [0.25, 0.3) is 11.1 Å². The zero-order chi connectivity index (χ0) is 15.1. The summed E-state index contributed by atoms with van der Waals surface area (Å²) in [4.78, 5) is 0. The molecule has 1 aliphatic rings. The molecule has 0 aliphatic carbocycles. The van der Waals surface area contributed by atoms with E-state index in [1.165, 1.54) is 0 Å². The van der Waals surface area contributed by atoms with Crippen molar-refractivity contribution in [1.82, 2.24) is 4.57 Å². The molecule has 2 aromatic rings. The lowest BCUT2D eigenvalue weighted by atomic mass is 10.0. The molecule has 3 rings (SSSR count). The van der Waals surface area contributed by atoms with Gasteiger partial charge in [0.1, 0.15) is 11.5 Å². The largest absolute Gasteiger partial charge is 0.505 e. The van der Waals surface area contributed by atoms with Crippen LogP contribution in [-0.2, 0) is 13.0 Å². The highest BCUT2D eigenvalue weighted by molar-refractivity contribution is 6.34. The summed E-state index contributed by atoms with van der Waals surface area (Å²) in [5, 5.41) is 21.5. The number of hydrogen-bond acceptors (Lipinski definition) is 3. The van der Waals surface area contributed by atoms with Crippen molar-refractivity contribution < 1.29 is 14.9 Å². The van der Waals surface area contributed by atoms with Gasteiger partial charge in [0.05, 0.1) is 29.0 Å². The third-order valence-corrected chi connectivity index (χ3v) is 4.33. The lowest BCUT2D eigenvalue weighted by Gasteiger charge is -2.15. The Morgan fingerprint density at radius 3 is 2.62 bits per heavy atom. The van der Waals surface area contributed by atoms with Gasteiger partial charge in [-0.1, -0.05) is 11.6 Å². The van der Waals surface area contributed by atoms with Gasteiger partial charge in [0.25, 0.3) is 0 Å². The summed E-state index contributed by atoms with van der Waals surface area (Å²) in [6, 6.07) is 3.64. The molecule has 0 spiro atoms. The van der Waals surface area contributed by atoms with Crippen molar-refractivity contribution in [2.45, 2.75) is 32.7 Å². The Bertz CT molecular complexity index is 677. The van der Waals surface area contributed by atoms with Crippen LogP contribution in [-0.4, -0.2) is 21.9 Å². The standard InChI is InChI=1S/C16H18ClNO3/c1-9-7-10(17)13(12(8-9)21-2)14-15(19)11-5-3-4-6-18(11)16(14)20/h7-8,19-20H,3-6H2,1-2H3. The van der Waals surface area contributed by atoms with Crippen LogP contribution in [0.3, 0.4) is 0 Å². The van der Waals surface area contributed by atoms with E-state index >= 15 is 0 Å². The number of benzene rings is 1. The lowest BCUT2D eigenvalue weighted by molar-refractivity contribution is 0.391. The fourth-order valence-corrected chi connectivity index (χ4v) is 3.40. The minimum atomic E-state index is 0.0613. The van der Waals surface area contributed by atoms with E-state index in [-0.39, 0.29) is 11.6 Å². The maximum absolute atomic E-state index is 10.5. The molecule has 0 bridgehead atoms. The van der Waals surface area contributed by atoms with Crippen LogP contribution in [0, 0.1) is 6.92 Å². The van der Waals surface area contributed by atoms with Crippen LogP contribution in [0.4, 0.5) is 0 Å². The Kier molecular flexibility index (Phi) is 3.49. The Morgan fingerprint density at radius 1 is 1.19 bits per heavy atom. The predicted octanol–water partition coefficient (Wildman–Crippen LogP) is 3.87. The van der Waals surface area contributed by atoms with Crippen LogP contribution in [0.5, 0.6) is 17.4 Å². The Labute approximate surface area is 128 Å². The molecule has 0 saturated heterocycles. The van der Waals surface area contributed by atoms with Crippen LogP contribution in [0.1, 0.15) is 24.1 Å². The average Bonchev–Trinajstić information content (AvgIpc) is 2.71. The Balaban J connectivity index is 2.29. The number of methoxy groups -OCH3 is 1. The summed E-state index contributed by atoms with van der Waals surface area (Å²) >= 11 is 6.34. The number of aryl methyl sites for hydroxylation is 1. The van der Waals surface area contributed by atoms with E-state index in [4.69, 9.17) is 16.3 Å². The molecule has 2 heterocycles. The van der Waals surface area contributed by atoms with Gasteiger partial charge in [0, 0.05) is 6.54 Å². The van der Waals surface area contributed by atoms with Crippen molar-refractivity contribution in [3.63, 3.8) is 0 Å². The van der Waals surface area contributed by atoms with Crippen LogP contribution < -0.4 is 4.74 Å². The molecule has 4 nitrogen and oxygen atoms in total. The van der Waals surface area contributed by atoms with Crippen molar-refractivity contribution >= 4 is 11.6 Å². The van der Waals surface area contributed by atoms with E-state index < -0.39 is 0 Å². The van der Waals surface area contributed by atoms with Gasteiger partial charge in [0.2, 0.25) is 5.88 Å². The number of halogens is 1. The van der Waals surface area contributed by atoms with Crippen molar-refractivity contribution in [3.05, 3.63) is 28.4 Å². The van der Waals surface area contributed by atoms with Crippen molar-refractivity contribution in [2.75, 3.05) is 7.11 Å². The molecule has 21 heavy (non-hydrogen) atoms. The maximum atomic E-state index is 10.5. The molecule has 2 N–H and O–H groups in total. The lowest BCUT2D eigenvalue weighted by Crippen LogP contribution is -2.08. The van der Waals surface area contributed by atoms with Crippen LogP contribution in [0.15, 0.2) is 12.1 Å². The highest BCUT2D eigenvalue weighted by Crippen LogP contribution is 2.50. The third kappa shape index (κ3) is 2.14. The fraction of sp³-hybridized carbons (Fsp3) is 0.375. The summed E-state index contributed by atoms with van der Waals surface area (Å²) in [6.45, 7) is 2.63. The number of nitrogens with zero attached hydrogens (tertiary/aromatic N) is 1. The van der Waals surface area contributed by atoms with Crippen molar-refractivity contribution in [2.24, 2.45) is 0 Å². The van der Waals surface area contributed by atoms with E-state index in [1.54, 1.807) is 17.7 Å². The molecule has 0 fully saturated rings. The summed E-state index contributed by atoms with van der Waals surface area (Å²) in [5.74, 6) is 0.719. The molecule has 0 saturated carbocycles. The minimum absolute atomic E-state index is 0.0613. The van der Waals surface area contributed by atoms with E-state index in [2.05, 4.69) is 0 Å². The van der Waals surface area contributed by atoms with E-state index in [9.17, 15) is 10.2 Å². The molecule has 1 aromatic carbocycles. The third-order valence-electron chi connectivity index (χ3n) is 4.03. The predicted molar refractivity (Wildman–Crippen MR) is 82.4 cm³/mol. The fourth-order valence-electron chi connectivity index (χ4n) is 3.04. The van der Waals surface area contributed by atoms with Gasteiger partial charge >= 0.3 is 0 Å². The van der Waals surface area contributed by atoms with Crippen molar-refractivity contribution in [1.29, 1.82) is 0 Å². The van der Waals surface area contributed by atoms with Gasteiger partial charge < -0.3 is 19.5 Å². The second kappa shape index (κ2) is 5.19. The summed E-state index contributed by atoms with van der Waals surface area (Å²) in [7, 11) is 1.55. The molecule has 1 aliphatic heterocycles. The first-order valence-electron chi connectivity index (χ1n) is 7.02. The van der Waals surface area contributed by atoms with Gasteiger partial charge in [0.15, 0.2) is 0 Å². The monoisotopic (exact) mass is 307 g/mol. The second-order valence-electron chi connectivity index (χ2n) is 5.43. The first kappa shape index (κ1) is 14.1. The van der Waals surface area contributed by atoms with Gasteiger partial charge in [-0.25, -0.2) is 0 Å². The van der Waals surface area contributed by atoms with Crippen LogP contribution in [0.2, 0.25) is 5.02 Å². The normalized spacial score (nSPS) is 14.0. The first-order valence-corrected chi connectivity index (χ1v) is 7.40. The van der Waals surface area contributed by atoms with Crippen molar-refractivity contribution in [3.8, 4) is 28.5 Å². The molecule has 0 radical (unpaired) electrons. The van der Waals surface area contributed by atoms with E-state index in [0.717, 1.165) is 30.5 Å². The van der Waals surface area contributed by atoms with Gasteiger partial charge in [-0.15, -0.1) is 0 Å². The molecule has 0 unspecified atom stereocenters. The van der Waals surface area contributed by atoms with Gasteiger partial charge in [-0.3, -0.25) is 0 Å². The van der Waals surface area contributed by atoms with Gasteiger partial charge in [-0.2, -0.15) is 0 Å². The quantitative estimate of drug-likeness (QED) is 0.885. The van der Waals surface area contributed by atoms with Crippen LogP contribution >= 0.6 is 11.6 Å². The highest BCUT2D eigenvalue weighted by Gasteiger charge is 2.28. The minimum Gasteiger partial charge on any atom is -0.505 e. The second-order valence-corrected chi connectivity index (χ2v) is 5.83. The smallest absolute Gasteiger partial charge is 0.203 e. The summed E-state index contributed by atoms with van der Waals surface area (Å²) < 4.78 is 7.16. The first-order chi connectivity index (χ1) is 10.0. The maximum Gasteiger partial charge on any atom is 0.203 e. The molecular formula is C16H18ClNO3. The molecule has 1 aromatic heterocycles.